The monoisotopic (exact) mass is 337 g/mol. The lowest BCUT2D eigenvalue weighted by molar-refractivity contribution is -0.385. The summed E-state index contributed by atoms with van der Waals surface area (Å²) in [5.41, 5.74) is 7.22. The molecule has 0 fully saturated rings. The Morgan fingerprint density at radius 3 is 2.70 bits per heavy atom. The predicted molar refractivity (Wildman–Crippen MR) is 80.0 cm³/mol. The van der Waals surface area contributed by atoms with E-state index in [9.17, 15) is 10.1 Å². The van der Waals surface area contributed by atoms with Crippen molar-refractivity contribution in [2.75, 3.05) is 11.1 Å². The van der Waals surface area contributed by atoms with Crippen LogP contribution < -0.4 is 11.1 Å². The van der Waals surface area contributed by atoms with Gasteiger partial charge in [-0.1, -0.05) is 22.0 Å². The van der Waals surface area contributed by atoms with Crippen molar-refractivity contribution in [1.82, 2.24) is 9.97 Å². The summed E-state index contributed by atoms with van der Waals surface area (Å²) < 4.78 is 0.893. The normalized spacial score (nSPS) is 10.3. The van der Waals surface area contributed by atoms with Gasteiger partial charge in [0.15, 0.2) is 0 Å². The van der Waals surface area contributed by atoms with Gasteiger partial charge in [0.25, 0.3) is 0 Å². The van der Waals surface area contributed by atoms with E-state index < -0.39 is 4.92 Å². The van der Waals surface area contributed by atoms with Crippen LogP contribution in [0.2, 0.25) is 0 Å². The number of aryl methyl sites for hydroxylation is 1. The zero-order valence-electron chi connectivity index (χ0n) is 10.8. The van der Waals surface area contributed by atoms with Crippen LogP contribution in [0, 0.1) is 24.0 Å². The van der Waals surface area contributed by atoms with E-state index in [0.717, 1.165) is 10.0 Å². The van der Waals surface area contributed by atoms with Crippen molar-refractivity contribution in [3.63, 3.8) is 0 Å². The van der Waals surface area contributed by atoms with Gasteiger partial charge < -0.3 is 11.1 Å². The minimum absolute atomic E-state index is 0.0109. The largest absolute Gasteiger partial charge is 0.368 e. The van der Waals surface area contributed by atoms with Gasteiger partial charge in [-0.15, -0.1) is 0 Å². The van der Waals surface area contributed by atoms with Crippen molar-refractivity contribution < 1.29 is 4.92 Å². The Morgan fingerprint density at radius 1 is 1.35 bits per heavy atom. The number of hydrogen-bond donors (Lipinski definition) is 2. The summed E-state index contributed by atoms with van der Waals surface area (Å²) in [4.78, 5) is 18.3. The van der Waals surface area contributed by atoms with Gasteiger partial charge in [0.2, 0.25) is 11.8 Å². The fourth-order valence-electron chi connectivity index (χ4n) is 1.76. The number of aromatic nitrogens is 2. The average molecular weight is 338 g/mol. The Labute approximate surface area is 123 Å². The Balaban J connectivity index is 2.53. The third-order valence-corrected chi connectivity index (χ3v) is 3.64. The van der Waals surface area contributed by atoms with Crippen molar-refractivity contribution in [1.29, 1.82) is 0 Å². The van der Waals surface area contributed by atoms with E-state index in [0.29, 0.717) is 5.69 Å². The summed E-state index contributed by atoms with van der Waals surface area (Å²) in [7, 11) is 0. The van der Waals surface area contributed by atoms with Crippen molar-refractivity contribution in [2.24, 2.45) is 0 Å². The molecule has 1 heterocycles. The first-order valence-electron chi connectivity index (χ1n) is 5.70. The van der Waals surface area contributed by atoms with Gasteiger partial charge in [0.1, 0.15) is 5.69 Å². The number of nitrogens with zero attached hydrogens (tertiary/aromatic N) is 3. The Hall–Kier alpha value is -2.22. The van der Waals surface area contributed by atoms with E-state index in [1.807, 2.05) is 19.1 Å². The second-order valence-corrected chi connectivity index (χ2v) is 5.01. The number of anilines is 3. The third kappa shape index (κ3) is 2.69. The SMILES string of the molecule is Cc1nc(N)nc(Nc2cccc(Br)c2C)c1[N+](=O)[O-]. The van der Waals surface area contributed by atoms with Crippen LogP contribution in [0.5, 0.6) is 0 Å². The molecule has 7 nitrogen and oxygen atoms in total. The smallest absolute Gasteiger partial charge is 0.332 e. The average Bonchev–Trinajstić information content (AvgIpc) is 2.33. The molecule has 2 rings (SSSR count). The highest BCUT2D eigenvalue weighted by Crippen LogP contribution is 2.31. The molecule has 0 saturated heterocycles. The standard InChI is InChI=1S/C12H12BrN5O2/c1-6-8(13)4-3-5-9(6)16-11-10(18(19)20)7(2)15-12(14)17-11/h3-5H,1-2H3,(H3,14,15,16,17). The van der Waals surface area contributed by atoms with Crippen molar-refractivity contribution in [3.05, 3.63) is 44.0 Å². The summed E-state index contributed by atoms with van der Waals surface area (Å²) in [6.45, 7) is 3.41. The summed E-state index contributed by atoms with van der Waals surface area (Å²) >= 11 is 3.40. The molecule has 8 heteroatoms. The van der Waals surface area contributed by atoms with Crippen molar-refractivity contribution in [3.8, 4) is 0 Å². The fourth-order valence-corrected chi connectivity index (χ4v) is 2.13. The Bertz CT molecular complexity index is 690. The van der Waals surface area contributed by atoms with Gasteiger partial charge in [0.05, 0.1) is 4.92 Å². The minimum Gasteiger partial charge on any atom is -0.368 e. The Kier molecular flexibility index (Phi) is 3.84. The van der Waals surface area contributed by atoms with E-state index in [-0.39, 0.29) is 23.1 Å². The van der Waals surface area contributed by atoms with Gasteiger partial charge in [-0.05, 0) is 31.5 Å². The molecule has 1 aromatic carbocycles. The second kappa shape index (κ2) is 5.41. The maximum Gasteiger partial charge on any atom is 0.332 e. The van der Waals surface area contributed by atoms with E-state index in [1.54, 1.807) is 6.07 Å². The zero-order valence-corrected chi connectivity index (χ0v) is 12.4. The van der Waals surface area contributed by atoms with Crippen LogP contribution >= 0.6 is 15.9 Å². The van der Waals surface area contributed by atoms with Gasteiger partial charge in [0, 0.05) is 10.2 Å². The molecule has 0 aliphatic heterocycles. The second-order valence-electron chi connectivity index (χ2n) is 4.16. The van der Waals surface area contributed by atoms with E-state index in [1.165, 1.54) is 6.92 Å². The molecule has 20 heavy (non-hydrogen) atoms. The number of nitro groups is 1. The number of nitrogen functional groups attached to an aromatic ring is 1. The zero-order chi connectivity index (χ0) is 14.9. The lowest BCUT2D eigenvalue weighted by Gasteiger charge is -2.11. The molecule has 0 bridgehead atoms. The number of hydrogen-bond acceptors (Lipinski definition) is 6. The first-order chi connectivity index (χ1) is 9.40. The summed E-state index contributed by atoms with van der Waals surface area (Å²) in [6, 6.07) is 5.51. The number of benzene rings is 1. The molecule has 0 amide bonds. The minimum atomic E-state index is -0.523. The molecule has 0 atom stereocenters. The van der Waals surface area contributed by atoms with Crippen LogP contribution in [0.4, 0.5) is 23.1 Å². The summed E-state index contributed by atoms with van der Waals surface area (Å²) in [5.74, 6) is 0.0736. The van der Waals surface area contributed by atoms with Crippen LogP contribution in [0.3, 0.4) is 0 Å². The maximum absolute atomic E-state index is 11.1. The lowest BCUT2D eigenvalue weighted by Crippen LogP contribution is -2.07. The van der Waals surface area contributed by atoms with Gasteiger partial charge in [-0.2, -0.15) is 4.98 Å². The molecule has 0 spiro atoms. The molecule has 0 radical (unpaired) electrons. The highest BCUT2D eigenvalue weighted by atomic mass is 79.9. The topological polar surface area (TPSA) is 107 Å². The number of nitrogens with two attached hydrogens (primary N) is 1. The predicted octanol–water partition coefficient (Wildman–Crippen LogP) is 3.09. The summed E-state index contributed by atoms with van der Waals surface area (Å²) in [5, 5.41) is 14.1. The molecule has 3 N–H and O–H groups in total. The molecule has 0 aliphatic carbocycles. The van der Waals surface area contributed by atoms with Crippen LogP contribution in [0.15, 0.2) is 22.7 Å². The van der Waals surface area contributed by atoms with Gasteiger partial charge >= 0.3 is 5.69 Å². The lowest BCUT2D eigenvalue weighted by atomic mass is 10.2. The highest BCUT2D eigenvalue weighted by molar-refractivity contribution is 9.10. The first-order valence-corrected chi connectivity index (χ1v) is 6.50. The quantitative estimate of drug-likeness (QED) is 0.658. The maximum atomic E-state index is 11.1. The van der Waals surface area contributed by atoms with Crippen LogP contribution in [0.1, 0.15) is 11.3 Å². The number of rotatable bonds is 3. The number of nitrogens with one attached hydrogen (secondary N) is 1. The van der Waals surface area contributed by atoms with E-state index in [4.69, 9.17) is 5.73 Å². The van der Waals surface area contributed by atoms with Gasteiger partial charge in [-0.25, -0.2) is 4.98 Å². The van der Waals surface area contributed by atoms with Crippen LogP contribution in [-0.2, 0) is 0 Å². The van der Waals surface area contributed by atoms with Crippen LogP contribution in [0.25, 0.3) is 0 Å². The Morgan fingerprint density at radius 2 is 2.05 bits per heavy atom. The van der Waals surface area contributed by atoms with Crippen LogP contribution in [-0.4, -0.2) is 14.9 Å². The number of halogens is 1. The molecule has 1 aromatic heterocycles. The highest BCUT2D eigenvalue weighted by Gasteiger charge is 2.22. The molecule has 0 saturated carbocycles. The molecule has 0 unspecified atom stereocenters. The molecule has 104 valence electrons. The van der Waals surface area contributed by atoms with E-state index in [2.05, 4.69) is 31.2 Å². The molecule has 0 aliphatic rings. The van der Waals surface area contributed by atoms with E-state index >= 15 is 0 Å². The first kappa shape index (κ1) is 14.2. The van der Waals surface area contributed by atoms with Gasteiger partial charge in [-0.3, -0.25) is 10.1 Å². The third-order valence-electron chi connectivity index (χ3n) is 2.78. The molecular formula is C12H12BrN5O2. The molecule has 2 aromatic rings. The molecular weight excluding hydrogens is 326 g/mol. The van der Waals surface area contributed by atoms with Crippen molar-refractivity contribution in [2.45, 2.75) is 13.8 Å². The summed E-state index contributed by atoms with van der Waals surface area (Å²) in [6.07, 6.45) is 0. The fraction of sp³-hybridized carbons (Fsp3) is 0.167. The van der Waals surface area contributed by atoms with Crippen molar-refractivity contribution >= 4 is 39.1 Å².